The molecule has 2 aliphatic heterocycles. The zero-order chi connectivity index (χ0) is 67.0. The molecule has 13 rings (SSSR count). The molecular weight excluding hydrogens is 1180 g/mol. The molecule has 0 atom stereocenters. The second-order valence-corrected chi connectivity index (χ2v) is 28.6. The Balaban J connectivity index is 1.24. The molecule has 482 valence electrons. The summed E-state index contributed by atoms with van der Waals surface area (Å²) in [5.41, 5.74) is 9.74. The second-order valence-electron chi connectivity index (χ2n) is 28.6. The third kappa shape index (κ3) is 11.5. The molecule has 11 aromatic carbocycles. The highest BCUT2D eigenvalue weighted by Crippen LogP contribution is 2.59. The number of hydrogen-bond acceptors (Lipinski definition) is 8. The predicted octanol–water partition coefficient (Wildman–Crippen LogP) is 22.7. The van der Waals surface area contributed by atoms with E-state index < -0.39 is 23.6 Å². The van der Waals surface area contributed by atoms with Crippen LogP contribution < -0.4 is 28.7 Å². The highest BCUT2D eigenvalue weighted by atomic mass is 16.5. The molecule has 11 aromatic rings. The van der Waals surface area contributed by atoms with E-state index in [-0.39, 0.29) is 62.5 Å². The van der Waals surface area contributed by atoms with E-state index in [1.54, 1.807) is 24.3 Å². The summed E-state index contributed by atoms with van der Waals surface area (Å²) in [6.45, 7) is 29.8. The molecule has 0 N–H and O–H groups in total. The van der Waals surface area contributed by atoms with Crippen LogP contribution in [0.5, 0.6) is 46.0 Å². The Morgan fingerprint density at radius 3 is 1.01 bits per heavy atom. The summed E-state index contributed by atoms with van der Waals surface area (Å²) in [6, 6.07) is 50.9. The fraction of sp³-hybridized carbons (Fsp3) is 0.294. The van der Waals surface area contributed by atoms with Crippen LogP contribution in [0.2, 0.25) is 0 Å². The van der Waals surface area contributed by atoms with Crippen LogP contribution in [0, 0.1) is 18.8 Å². The Morgan fingerprint density at radius 2 is 0.695 bits per heavy atom. The minimum absolute atomic E-state index is 0.0694. The number of para-hydroxylation sites is 2. The van der Waals surface area contributed by atoms with Gasteiger partial charge >= 0.3 is 0 Å². The van der Waals surface area contributed by atoms with Gasteiger partial charge in [0.1, 0.15) is 46.0 Å². The van der Waals surface area contributed by atoms with E-state index in [9.17, 15) is 0 Å². The molecule has 0 saturated carbocycles. The topological polar surface area (TPSA) is 112 Å². The Kier molecular flexibility index (Phi) is 16.9. The molecule has 2 heterocycles. The molecule has 0 bridgehead atoms. The summed E-state index contributed by atoms with van der Waals surface area (Å²) >= 11 is 0. The highest BCUT2D eigenvalue weighted by Gasteiger charge is 2.44. The predicted molar refractivity (Wildman–Crippen MR) is 386 cm³/mol. The van der Waals surface area contributed by atoms with Gasteiger partial charge in [0.15, 0.2) is 0 Å². The number of imide groups is 2. The summed E-state index contributed by atoms with van der Waals surface area (Å²) in [7, 11) is 0. The van der Waals surface area contributed by atoms with Crippen molar-refractivity contribution in [3.63, 3.8) is 0 Å². The quantitative estimate of drug-likeness (QED) is 0.0421. The number of amides is 4. The first-order chi connectivity index (χ1) is 45.5. The van der Waals surface area contributed by atoms with E-state index in [4.69, 9.17) is 18.9 Å². The molecule has 10 nitrogen and oxygen atoms in total. The highest BCUT2D eigenvalue weighted by molar-refractivity contribution is 6.48. The maximum absolute atomic E-state index is 16.5. The van der Waals surface area contributed by atoms with Crippen LogP contribution in [0.3, 0.4) is 0 Å². The van der Waals surface area contributed by atoms with Gasteiger partial charge in [0, 0.05) is 43.1 Å². The molecule has 0 saturated heterocycles. The van der Waals surface area contributed by atoms with Gasteiger partial charge in [-0.3, -0.25) is 19.2 Å². The average molecular weight is 1260 g/mol. The van der Waals surface area contributed by atoms with Gasteiger partial charge in [-0.2, -0.15) is 0 Å². The minimum Gasteiger partial charge on any atom is -0.457 e. The van der Waals surface area contributed by atoms with Crippen LogP contribution in [0.4, 0.5) is 11.4 Å². The molecule has 95 heavy (non-hydrogen) atoms. The number of ether oxygens (including phenoxy) is 4. The maximum atomic E-state index is 16.5. The summed E-state index contributed by atoms with van der Waals surface area (Å²) in [6.07, 6.45) is 4.54. The Morgan fingerprint density at radius 1 is 0.379 bits per heavy atom. The van der Waals surface area contributed by atoms with Crippen molar-refractivity contribution in [3.05, 3.63) is 224 Å². The molecule has 0 radical (unpaired) electrons. The largest absolute Gasteiger partial charge is 0.457 e. The van der Waals surface area contributed by atoms with E-state index >= 15 is 19.2 Å². The zero-order valence-electron chi connectivity index (χ0n) is 57.2. The van der Waals surface area contributed by atoms with Gasteiger partial charge in [-0.25, -0.2) is 9.80 Å². The van der Waals surface area contributed by atoms with Crippen molar-refractivity contribution >= 4 is 78.1 Å². The fourth-order valence-corrected chi connectivity index (χ4v) is 14.3. The number of benzene rings is 11. The number of nitrogens with zero attached hydrogens (tertiary/aromatic N) is 2. The summed E-state index contributed by atoms with van der Waals surface area (Å²) in [5, 5.41) is 3.54. The maximum Gasteiger partial charge on any atom is 0.266 e. The van der Waals surface area contributed by atoms with E-state index in [2.05, 4.69) is 126 Å². The SMILES string of the molecule is CCCc1cccc(CCC)c1N1C(=O)c2cc(Oc3ccc(CC(C)C)cc3)c3c4c(Oc5ccc(C)cc5)cc5c6c(cc(Oc7ccc(C(C)(C)C)cc7)c(c7c(Oc8ccc(CC(C)C)cc8)cc(c2c37)C1=O)c64)C(=O)N(c1c(C(C)C)cccc1C(C)C)C5=O. The lowest BCUT2D eigenvalue weighted by Crippen LogP contribution is -2.42. The van der Waals surface area contributed by atoms with E-state index in [1.807, 2.05) is 104 Å². The van der Waals surface area contributed by atoms with Crippen LogP contribution in [-0.2, 0) is 31.1 Å². The summed E-state index contributed by atoms with van der Waals surface area (Å²) in [5.74, 6) is 1.62. The van der Waals surface area contributed by atoms with Crippen LogP contribution in [0.25, 0.3) is 43.1 Å². The van der Waals surface area contributed by atoms with Gasteiger partial charge in [-0.05, 0) is 173 Å². The van der Waals surface area contributed by atoms with Crippen molar-refractivity contribution in [1.82, 2.24) is 0 Å². The van der Waals surface area contributed by atoms with Gasteiger partial charge in [0.2, 0.25) is 0 Å². The summed E-state index contributed by atoms with van der Waals surface area (Å²) in [4.78, 5) is 68.6. The van der Waals surface area contributed by atoms with Crippen LogP contribution >= 0.6 is 0 Å². The normalized spacial score (nSPS) is 13.4. The number of aryl methyl sites for hydroxylation is 3. The van der Waals surface area contributed by atoms with Gasteiger partial charge in [0.25, 0.3) is 23.6 Å². The first kappa shape index (κ1) is 63.9. The zero-order valence-corrected chi connectivity index (χ0v) is 57.2. The first-order valence-corrected chi connectivity index (χ1v) is 34.0. The molecule has 4 amide bonds. The summed E-state index contributed by atoms with van der Waals surface area (Å²) < 4.78 is 29.6. The molecule has 0 aromatic heterocycles. The van der Waals surface area contributed by atoms with Crippen molar-refractivity contribution in [1.29, 1.82) is 0 Å². The van der Waals surface area contributed by atoms with Gasteiger partial charge in [0.05, 0.1) is 33.6 Å². The monoisotopic (exact) mass is 1260 g/mol. The molecule has 2 aliphatic rings. The van der Waals surface area contributed by atoms with Crippen molar-refractivity contribution in [2.45, 2.75) is 153 Å². The van der Waals surface area contributed by atoms with E-state index in [1.165, 1.54) is 9.80 Å². The number of fused-ring (bicyclic) bond motifs is 2. The molecular formula is C85H84N2O8. The third-order valence-corrected chi connectivity index (χ3v) is 18.7. The average Bonchev–Trinajstić information content (AvgIpc) is 0.672. The van der Waals surface area contributed by atoms with Gasteiger partial charge in [-0.1, -0.05) is 193 Å². The standard InChI is InChI=1S/C85H84N2O8/c1-15-19-54-21-17-22-55(20-16-2)79(54)86-81(88)63-43-68(93-58-35-27-52(28-36-58)41-47(3)4)74-73-67(92-57-33-25-51(11)26-34-57)45-65-72-66(84(91)87(83(65)90)80-61(49(7)8)23-18-24-62(80)50(9)10)46-70(95-60-39-31-56(32-40-60)85(12,13)14)76(78(72)73)75-69(44-64(82(86)89)71(63)77(74)75)94-59-37-29-53(30-38-59)42-48(5)6/h17-18,21-40,43-50H,15-16,19-20,41-42H2,1-14H3. The molecule has 0 aliphatic carbocycles. The van der Waals surface area contributed by atoms with Crippen molar-refractivity contribution in [2.24, 2.45) is 11.8 Å². The molecule has 0 fully saturated rings. The Bertz CT molecular complexity index is 4780. The molecule has 0 spiro atoms. The van der Waals surface area contributed by atoms with Crippen molar-refractivity contribution < 1.29 is 38.1 Å². The number of anilines is 2. The van der Waals surface area contributed by atoms with Crippen molar-refractivity contribution in [2.75, 3.05) is 9.80 Å². The van der Waals surface area contributed by atoms with Gasteiger partial charge < -0.3 is 18.9 Å². The number of rotatable bonds is 20. The first-order valence-electron chi connectivity index (χ1n) is 34.0. The fourth-order valence-electron chi connectivity index (χ4n) is 14.3. The van der Waals surface area contributed by atoms with E-state index in [0.717, 1.165) is 70.2 Å². The van der Waals surface area contributed by atoms with Crippen molar-refractivity contribution in [3.8, 4) is 46.0 Å². The number of carbonyl (C=O) groups excluding carboxylic acids is 4. The number of hydrogen-bond donors (Lipinski definition) is 0. The van der Waals surface area contributed by atoms with Gasteiger partial charge in [-0.15, -0.1) is 0 Å². The second kappa shape index (κ2) is 25.2. The van der Waals surface area contributed by atoms with E-state index in [0.29, 0.717) is 102 Å². The van der Waals surface area contributed by atoms with Crippen LogP contribution in [-0.4, -0.2) is 23.6 Å². The molecule has 0 unspecified atom stereocenters. The minimum atomic E-state index is -0.524. The van der Waals surface area contributed by atoms with Crippen LogP contribution in [0.15, 0.2) is 158 Å². The third-order valence-electron chi connectivity index (χ3n) is 18.7. The Labute approximate surface area is 558 Å². The lowest BCUT2D eigenvalue weighted by Gasteiger charge is -2.34. The Hall–Kier alpha value is -9.80. The molecule has 10 heteroatoms. The smallest absolute Gasteiger partial charge is 0.266 e. The number of carbonyl (C=O) groups is 4. The van der Waals surface area contributed by atoms with Crippen LogP contribution in [0.1, 0.15) is 201 Å². The lowest BCUT2D eigenvalue weighted by molar-refractivity contribution is 0.0877. The lowest BCUT2D eigenvalue weighted by atomic mass is 9.80.